The molecule has 1 saturated carbocycles. The molecule has 1 aromatic rings. The van der Waals surface area contributed by atoms with Crippen LogP contribution in [0.5, 0.6) is 0 Å². The maximum Gasteiger partial charge on any atom is 0.193 e. The van der Waals surface area contributed by atoms with Gasteiger partial charge in [0, 0.05) is 43.8 Å². The summed E-state index contributed by atoms with van der Waals surface area (Å²) in [7, 11) is 3.68. The minimum absolute atomic E-state index is 0.229. The van der Waals surface area contributed by atoms with E-state index in [1.54, 1.807) is 13.1 Å². The molecular weight excluding hydrogens is 349 g/mol. The SMILES string of the molecule is CN=C(NCc1ccc(Br)cc1F)N(C)CCOCC1CC1. The fourth-order valence-electron chi connectivity index (χ4n) is 2.07. The molecule has 0 aliphatic heterocycles. The average molecular weight is 372 g/mol. The highest BCUT2D eigenvalue weighted by atomic mass is 79.9. The number of nitrogens with one attached hydrogen (secondary N) is 1. The molecule has 6 heteroatoms. The molecule has 1 aliphatic carbocycles. The molecule has 22 heavy (non-hydrogen) atoms. The zero-order chi connectivity index (χ0) is 15.9. The highest BCUT2D eigenvalue weighted by Crippen LogP contribution is 2.28. The molecule has 1 aliphatic rings. The van der Waals surface area contributed by atoms with E-state index in [0.717, 1.165) is 29.5 Å². The van der Waals surface area contributed by atoms with Crippen LogP contribution in [0.2, 0.25) is 0 Å². The monoisotopic (exact) mass is 371 g/mol. The molecule has 1 N–H and O–H groups in total. The number of nitrogens with zero attached hydrogens (tertiary/aromatic N) is 2. The Morgan fingerprint density at radius 1 is 1.50 bits per heavy atom. The van der Waals surface area contributed by atoms with Gasteiger partial charge < -0.3 is 15.0 Å². The second-order valence-electron chi connectivity index (χ2n) is 5.58. The quantitative estimate of drug-likeness (QED) is 0.454. The average Bonchev–Trinajstić information content (AvgIpc) is 3.30. The Morgan fingerprint density at radius 2 is 2.27 bits per heavy atom. The first-order valence-corrected chi connectivity index (χ1v) is 8.33. The van der Waals surface area contributed by atoms with Crippen LogP contribution in [0, 0.1) is 11.7 Å². The molecule has 1 aromatic carbocycles. The summed E-state index contributed by atoms with van der Waals surface area (Å²) < 4.78 is 20.2. The molecule has 0 unspecified atom stereocenters. The summed E-state index contributed by atoms with van der Waals surface area (Å²) >= 11 is 3.26. The van der Waals surface area contributed by atoms with Gasteiger partial charge in [0.2, 0.25) is 0 Å². The normalized spacial score (nSPS) is 15.0. The molecule has 0 atom stereocenters. The van der Waals surface area contributed by atoms with Crippen molar-refractivity contribution in [1.29, 1.82) is 0 Å². The lowest BCUT2D eigenvalue weighted by Gasteiger charge is -2.22. The molecule has 1 fully saturated rings. The molecular formula is C16H23BrFN3O. The smallest absolute Gasteiger partial charge is 0.193 e. The second kappa shape index (κ2) is 8.48. The Hall–Kier alpha value is -1.14. The lowest BCUT2D eigenvalue weighted by atomic mass is 10.2. The summed E-state index contributed by atoms with van der Waals surface area (Å²) in [5.74, 6) is 1.29. The molecule has 0 amide bonds. The maximum atomic E-state index is 13.8. The molecule has 4 nitrogen and oxygen atoms in total. The fourth-order valence-corrected chi connectivity index (χ4v) is 2.40. The highest BCUT2D eigenvalue weighted by Gasteiger charge is 2.21. The number of halogens is 2. The predicted octanol–water partition coefficient (Wildman–Crippen LogP) is 3.02. The zero-order valence-corrected chi connectivity index (χ0v) is 14.7. The van der Waals surface area contributed by atoms with Gasteiger partial charge in [-0.25, -0.2) is 4.39 Å². The van der Waals surface area contributed by atoms with E-state index in [1.807, 2.05) is 18.0 Å². The summed E-state index contributed by atoms with van der Waals surface area (Å²) in [4.78, 5) is 6.21. The van der Waals surface area contributed by atoms with Gasteiger partial charge >= 0.3 is 0 Å². The minimum atomic E-state index is -0.229. The third kappa shape index (κ3) is 5.57. The van der Waals surface area contributed by atoms with Crippen molar-refractivity contribution in [1.82, 2.24) is 10.2 Å². The molecule has 0 bridgehead atoms. The van der Waals surface area contributed by atoms with Crippen LogP contribution < -0.4 is 5.32 Å². The van der Waals surface area contributed by atoms with Crippen molar-refractivity contribution < 1.29 is 9.13 Å². The second-order valence-corrected chi connectivity index (χ2v) is 6.49. The van der Waals surface area contributed by atoms with Crippen LogP contribution >= 0.6 is 15.9 Å². The summed E-state index contributed by atoms with van der Waals surface area (Å²) in [5.41, 5.74) is 0.614. The zero-order valence-electron chi connectivity index (χ0n) is 13.1. The number of rotatable bonds is 7. The van der Waals surface area contributed by atoms with Gasteiger partial charge in [-0.2, -0.15) is 0 Å². The van der Waals surface area contributed by atoms with E-state index in [1.165, 1.54) is 18.9 Å². The minimum Gasteiger partial charge on any atom is -0.379 e. The van der Waals surface area contributed by atoms with Crippen molar-refractivity contribution in [3.8, 4) is 0 Å². The van der Waals surface area contributed by atoms with Gasteiger partial charge in [-0.05, 0) is 30.9 Å². The van der Waals surface area contributed by atoms with Gasteiger partial charge in [0.1, 0.15) is 5.82 Å². The first-order valence-electron chi connectivity index (χ1n) is 7.53. The summed E-state index contributed by atoms with van der Waals surface area (Å²) in [6.45, 7) is 2.71. The Morgan fingerprint density at radius 3 is 2.91 bits per heavy atom. The van der Waals surface area contributed by atoms with Crippen molar-refractivity contribution in [2.45, 2.75) is 19.4 Å². The van der Waals surface area contributed by atoms with Crippen LogP contribution in [0.25, 0.3) is 0 Å². The van der Waals surface area contributed by atoms with Crippen LogP contribution in [0.1, 0.15) is 18.4 Å². The standard InChI is InChI=1S/C16H23BrFN3O/c1-19-16(21(2)7-8-22-11-12-3-4-12)20-10-13-5-6-14(17)9-15(13)18/h5-6,9,12H,3-4,7-8,10-11H2,1-2H3,(H,19,20). The Bertz CT molecular complexity index is 520. The van der Waals surface area contributed by atoms with Gasteiger partial charge in [-0.3, -0.25) is 4.99 Å². The summed E-state index contributed by atoms with van der Waals surface area (Å²) in [5, 5.41) is 3.17. The molecule has 0 aromatic heterocycles. The van der Waals surface area contributed by atoms with Gasteiger partial charge in [0.15, 0.2) is 5.96 Å². The van der Waals surface area contributed by atoms with E-state index >= 15 is 0 Å². The van der Waals surface area contributed by atoms with Crippen LogP contribution in [-0.4, -0.2) is 44.7 Å². The van der Waals surface area contributed by atoms with Gasteiger partial charge in [-0.1, -0.05) is 22.0 Å². The number of guanidine groups is 1. The number of benzene rings is 1. The molecule has 0 saturated heterocycles. The van der Waals surface area contributed by atoms with E-state index in [4.69, 9.17) is 4.74 Å². The maximum absolute atomic E-state index is 13.8. The van der Waals surface area contributed by atoms with Gasteiger partial charge in [0.25, 0.3) is 0 Å². The van der Waals surface area contributed by atoms with Crippen molar-refractivity contribution >= 4 is 21.9 Å². The Balaban J connectivity index is 1.75. The number of likely N-dealkylation sites (N-methyl/N-ethyl adjacent to an activating group) is 1. The molecule has 122 valence electrons. The largest absolute Gasteiger partial charge is 0.379 e. The van der Waals surface area contributed by atoms with Crippen molar-refractivity contribution in [2.75, 3.05) is 33.9 Å². The summed E-state index contributed by atoms with van der Waals surface area (Å²) in [6, 6.07) is 5.06. The first kappa shape index (κ1) is 17.2. The third-order valence-corrected chi connectivity index (χ3v) is 4.14. The summed E-state index contributed by atoms with van der Waals surface area (Å²) in [6.07, 6.45) is 2.61. The van der Waals surface area contributed by atoms with Crippen LogP contribution in [-0.2, 0) is 11.3 Å². The van der Waals surface area contributed by atoms with E-state index in [2.05, 4.69) is 26.2 Å². The topological polar surface area (TPSA) is 36.9 Å². The Labute approximate surface area is 139 Å². The van der Waals surface area contributed by atoms with E-state index in [0.29, 0.717) is 18.7 Å². The lowest BCUT2D eigenvalue weighted by molar-refractivity contribution is 0.115. The lowest BCUT2D eigenvalue weighted by Crippen LogP contribution is -2.40. The van der Waals surface area contributed by atoms with Gasteiger partial charge in [-0.15, -0.1) is 0 Å². The first-order chi connectivity index (χ1) is 10.6. The number of hydrogen-bond donors (Lipinski definition) is 1. The third-order valence-electron chi connectivity index (χ3n) is 3.65. The number of ether oxygens (including phenoxy) is 1. The fraction of sp³-hybridized carbons (Fsp3) is 0.562. The molecule has 0 radical (unpaired) electrons. The highest BCUT2D eigenvalue weighted by molar-refractivity contribution is 9.10. The van der Waals surface area contributed by atoms with Gasteiger partial charge in [0.05, 0.1) is 6.61 Å². The molecule has 2 rings (SSSR count). The predicted molar refractivity (Wildman–Crippen MR) is 90.5 cm³/mol. The Kier molecular flexibility index (Phi) is 6.64. The number of aliphatic imine (C=N–C) groups is 1. The van der Waals surface area contributed by atoms with E-state index in [9.17, 15) is 4.39 Å². The van der Waals surface area contributed by atoms with Crippen molar-refractivity contribution in [3.05, 3.63) is 34.1 Å². The molecule has 0 heterocycles. The van der Waals surface area contributed by atoms with E-state index < -0.39 is 0 Å². The number of hydrogen-bond acceptors (Lipinski definition) is 2. The van der Waals surface area contributed by atoms with E-state index in [-0.39, 0.29) is 5.82 Å². The van der Waals surface area contributed by atoms with Crippen LogP contribution in [0.3, 0.4) is 0 Å². The van der Waals surface area contributed by atoms with Crippen LogP contribution in [0.15, 0.2) is 27.7 Å². The van der Waals surface area contributed by atoms with Crippen molar-refractivity contribution in [3.63, 3.8) is 0 Å². The van der Waals surface area contributed by atoms with Crippen molar-refractivity contribution in [2.24, 2.45) is 10.9 Å². The molecule has 0 spiro atoms. The van der Waals surface area contributed by atoms with Crippen LogP contribution in [0.4, 0.5) is 4.39 Å².